The summed E-state index contributed by atoms with van der Waals surface area (Å²) >= 11 is 0. The lowest BCUT2D eigenvalue weighted by Crippen LogP contribution is -2.45. The lowest BCUT2D eigenvalue weighted by molar-refractivity contribution is -0.126. The van der Waals surface area contributed by atoms with Crippen LogP contribution in [-0.4, -0.2) is 63.0 Å². The number of hydrogen-bond donors (Lipinski definition) is 1. The van der Waals surface area contributed by atoms with Crippen molar-refractivity contribution in [2.75, 3.05) is 42.6 Å². The number of benzene rings is 2. The van der Waals surface area contributed by atoms with Gasteiger partial charge in [0.25, 0.3) is 0 Å². The fraction of sp³-hybridized carbons (Fsp3) is 0.480. The van der Waals surface area contributed by atoms with Gasteiger partial charge in [-0.15, -0.1) is 0 Å². The van der Waals surface area contributed by atoms with Gasteiger partial charge in [0.2, 0.25) is 5.91 Å². The second-order valence-corrected chi connectivity index (χ2v) is 11.1. The normalized spacial score (nSPS) is 21.3. The number of nitrogens with one attached hydrogen (secondary N) is 1. The van der Waals surface area contributed by atoms with Crippen LogP contribution in [-0.2, 0) is 21.2 Å². The molecule has 32 heavy (non-hydrogen) atoms. The highest BCUT2D eigenvalue weighted by molar-refractivity contribution is 7.91. The Labute approximate surface area is 191 Å². The standard InChI is InChI=1S/C25H33N3O3S/c29-25(26-19-21-7-3-1-4-8-21)22-11-14-27(15-12-22)16-17-28(23-9-5-2-6-10-23)24-13-18-32(30,31)20-24/h1-10,22,24H,11-20H2,(H,26,29). The van der Waals surface area contributed by atoms with Crippen LogP contribution in [0.3, 0.4) is 0 Å². The highest BCUT2D eigenvalue weighted by atomic mass is 32.2. The van der Waals surface area contributed by atoms with Gasteiger partial charge in [-0.25, -0.2) is 8.42 Å². The molecule has 2 aromatic rings. The highest BCUT2D eigenvalue weighted by Gasteiger charge is 2.33. The third-order valence-electron chi connectivity index (χ3n) is 6.66. The summed E-state index contributed by atoms with van der Waals surface area (Å²) in [6.07, 6.45) is 2.43. The maximum absolute atomic E-state index is 12.6. The Balaban J connectivity index is 1.26. The van der Waals surface area contributed by atoms with E-state index in [1.165, 1.54) is 0 Å². The summed E-state index contributed by atoms with van der Waals surface area (Å²) in [5.74, 6) is 0.742. The van der Waals surface area contributed by atoms with Gasteiger partial charge in [0.15, 0.2) is 9.84 Å². The summed E-state index contributed by atoms with van der Waals surface area (Å²) in [5, 5.41) is 3.08. The van der Waals surface area contributed by atoms with Crippen LogP contribution in [0.25, 0.3) is 0 Å². The van der Waals surface area contributed by atoms with Gasteiger partial charge >= 0.3 is 0 Å². The molecule has 0 aliphatic carbocycles. The van der Waals surface area contributed by atoms with Crippen molar-refractivity contribution in [2.24, 2.45) is 5.92 Å². The smallest absolute Gasteiger partial charge is 0.223 e. The molecule has 0 aromatic heterocycles. The number of para-hydroxylation sites is 1. The van der Waals surface area contributed by atoms with E-state index in [9.17, 15) is 13.2 Å². The zero-order valence-electron chi connectivity index (χ0n) is 18.5. The second-order valence-electron chi connectivity index (χ2n) is 8.91. The summed E-state index contributed by atoms with van der Waals surface area (Å²) < 4.78 is 24.1. The molecular formula is C25H33N3O3S. The molecule has 1 amide bonds. The number of piperidine rings is 1. The van der Waals surface area contributed by atoms with Crippen LogP contribution in [0.15, 0.2) is 60.7 Å². The predicted octanol–water partition coefficient (Wildman–Crippen LogP) is 2.71. The highest BCUT2D eigenvalue weighted by Crippen LogP contribution is 2.25. The average Bonchev–Trinajstić information content (AvgIpc) is 3.18. The van der Waals surface area contributed by atoms with E-state index in [-0.39, 0.29) is 29.4 Å². The zero-order valence-corrected chi connectivity index (χ0v) is 19.3. The van der Waals surface area contributed by atoms with Gasteiger partial charge < -0.3 is 15.1 Å². The lowest BCUT2D eigenvalue weighted by atomic mass is 9.95. The van der Waals surface area contributed by atoms with Gasteiger partial charge in [-0.3, -0.25) is 4.79 Å². The molecule has 0 spiro atoms. The third-order valence-corrected chi connectivity index (χ3v) is 8.41. The zero-order chi connectivity index (χ0) is 22.4. The molecule has 1 atom stereocenters. The number of carbonyl (C=O) groups is 1. The predicted molar refractivity (Wildman–Crippen MR) is 128 cm³/mol. The fourth-order valence-electron chi connectivity index (χ4n) is 4.76. The summed E-state index contributed by atoms with van der Waals surface area (Å²) in [4.78, 5) is 17.2. The third kappa shape index (κ3) is 6.11. The summed E-state index contributed by atoms with van der Waals surface area (Å²) in [5.41, 5.74) is 2.21. The first-order chi connectivity index (χ1) is 15.5. The topological polar surface area (TPSA) is 69.7 Å². The average molecular weight is 456 g/mol. The molecule has 1 unspecified atom stereocenters. The molecule has 0 bridgehead atoms. The van der Waals surface area contributed by atoms with E-state index in [0.717, 1.165) is 50.3 Å². The monoisotopic (exact) mass is 455 g/mol. The molecule has 0 radical (unpaired) electrons. The first kappa shape index (κ1) is 22.8. The number of amides is 1. The van der Waals surface area contributed by atoms with E-state index in [0.29, 0.717) is 13.0 Å². The molecule has 0 saturated carbocycles. The van der Waals surface area contributed by atoms with Crippen LogP contribution in [0.4, 0.5) is 5.69 Å². The van der Waals surface area contributed by atoms with Crippen LogP contribution in [0.5, 0.6) is 0 Å². The van der Waals surface area contributed by atoms with E-state index in [1.54, 1.807) is 0 Å². The largest absolute Gasteiger partial charge is 0.366 e. The van der Waals surface area contributed by atoms with Gasteiger partial charge in [0, 0.05) is 37.3 Å². The molecule has 2 aliphatic rings. The second kappa shape index (κ2) is 10.5. The lowest BCUT2D eigenvalue weighted by Gasteiger charge is -2.35. The van der Waals surface area contributed by atoms with Crippen molar-refractivity contribution >= 4 is 21.4 Å². The quantitative estimate of drug-likeness (QED) is 0.663. The van der Waals surface area contributed by atoms with E-state index in [1.807, 2.05) is 48.5 Å². The Kier molecular flexibility index (Phi) is 7.48. The van der Waals surface area contributed by atoms with Crippen molar-refractivity contribution in [3.8, 4) is 0 Å². The maximum atomic E-state index is 12.6. The summed E-state index contributed by atoms with van der Waals surface area (Å²) in [6.45, 7) is 4.05. The van der Waals surface area contributed by atoms with Gasteiger partial charge in [-0.1, -0.05) is 48.5 Å². The van der Waals surface area contributed by atoms with Crippen LogP contribution in [0.2, 0.25) is 0 Å². The van der Waals surface area contributed by atoms with Crippen molar-refractivity contribution in [3.05, 3.63) is 66.2 Å². The summed E-state index contributed by atoms with van der Waals surface area (Å²) in [6, 6.07) is 20.2. The maximum Gasteiger partial charge on any atom is 0.223 e. The van der Waals surface area contributed by atoms with Crippen LogP contribution in [0.1, 0.15) is 24.8 Å². The first-order valence-electron chi connectivity index (χ1n) is 11.6. The van der Waals surface area contributed by atoms with Crippen molar-refractivity contribution < 1.29 is 13.2 Å². The minimum atomic E-state index is -2.93. The molecule has 172 valence electrons. The molecule has 6 nitrogen and oxygen atoms in total. The number of carbonyl (C=O) groups excluding carboxylic acids is 1. The van der Waals surface area contributed by atoms with Crippen LogP contribution in [0, 0.1) is 5.92 Å². The molecule has 2 aliphatic heterocycles. The Hall–Kier alpha value is -2.38. The number of anilines is 1. The minimum Gasteiger partial charge on any atom is -0.366 e. The van der Waals surface area contributed by atoms with Gasteiger partial charge in [0.1, 0.15) is 0 Å². The summed E-state index contributed by atoms with van der Waals surface area (Å²) in [7, 11) is -2.93. The molecule has 2 fully saturated rings. The Morgan fingerprint density at radius 3 is 2.25 bits per heavy atom. The van der Waals surface area contributed by atoms with Crippen LogP contribution >= 0.6 is 0 Å². The molecule has 4 rings (SSSR count). The number of hydrogen-bond acceptors (Lipinski definition) is 5. The molecule has 7 heteroatoms. The van der Waals surface area contributed by atoms with E-state index >= 15 is 0 Å². The van der Waals surface area contributed by atoms with Gasteiger partial charge in [-0.05, 0) is 50.0 Å². The number of likely N-dealkylation sites (tertiary alicyclic amines) is 1. The SMILES string of the molecule is O=C(NCc1ccccc1)C1CCN(CCN(c2ccccc2)C2CCS(=O)(=O)C2)CC1. The van der Waals surface area contributed by atoms with Crippen molar-refractivity contribution in [1.29, 1.82) is 0 Å². The number of rotatable bonds is 8. The molecule has 1 N–H and O–H groups in total. The molecule has 2 heterocycles. The Morgan fingerprint density at radius 2 is 1.62 bits per heavy atom. The number of nitrogens with zero attached hydrogens (tertiary/aromatic N) is 2. The van der Waals surface area contributed by atoms with Crippen molar-refractivity contribution in [3.63, 3.8) is 0 Å². The van der Waals surface area contributed by atoms with E-state index in [4.69, 9.17) is 0 Å². The molecule has 2 saturated heterocycles. The van der Waals surface area contributed by atoms with E-state index < -0.39 is 9.84 Å². The van der Waals surface area contributed by atoms with Gasteiger partial charge in [0.05, 0.1) is 11.5 Å². The fourth-order valence-corrected chi connectivity index (χ4v) is 6.49. The molecule has 2 aromatic carbocycles. The Morgan fingerprint density at radius 1 is 0.969 bits per heavy atom. The first-order valence-corrected chi connectivity index (χ1v) is 13.4. The Bertz CT molecular complexity index is 974. The number of sulfone groups is 1. The van der Waals surface area contributed by atoms with Crippen LogP contribution < -0.4 is 10.2 Å². The molecular weight excluding hydrogens is 422 g/mol. The van der Waals surface area contributed by atoms with E-state index in [2.05, 4.69) is 27.2 Å². The minimum absolute atomic E-state index is 0.0451. The van der Waals surface area contributed by atoms with Crippen molar-refractivity contribution in [2.45, 2.75) is 31.8 Å². The van der Waals surface area contributed by atoms with Crippen molar-refractivity contribution in [1.82, 2.24) is 10.2 Å². The van der Waals surface area contributed by atoms with Gasteiger partial charge in [-0.2, -0.15) is 0 Å².